The number of alkyl halides is 3. The van der Waals surface area contributed by atoms with Crippen LogP contribution in [-0.2, 0) is 14.8 Å². The molecule has 11 heteroatoms. The Morgan fingerprint density at radius 3 is 2.50 bits per heavy atom. The number of aryl methyl sites for hydroxylation is 2. The maximum absolute atomic E-state index is 13.0. The number of nitrogens with one attached hydrogen (secondary N) is 1. The second kappa shape index (κ2) is 6.78. The molecule has 1 N–H and O–H groups in total. The van der Waals surface area contributed by atoms with Gasteiger partial charge < -0.3 is 5.32 Å². The molecule has 0 radical (unpaired) electrons. The lowest BCUT2D eigenvalue weighted by Gasteiger charge is -2.13. The van der Waals surface area contributed by atoms with Gasteiger partial charge in [-0.2, -0.15) is 13.2 Å². The molecular weight excluding hydrogens is 419 g/mol. The summed E-state index contributed by atoms with van der Waals surface area (Å²) in [6.07, 6.45) is -2.46. The van der Waals surface area contributed by atoms with Crippen LogP contribution in [0.2, 0.25) is 5.02 Å². The number of carbonyl (C=O) groups is 1. The second-order valence-corrected chi connectivity index (χ2v) is 8.32. The summed E-state index contributed by atoms with van der Waals surface area (Å²) in [7, 11) is -4.19. The van der Waals surface area contributed by atoms with Gasteiger partial charge in [-0.25, -0.2) is 17.4 Å². The van der Waals surface area contributed by atoms with E-state index in [9.17, 15) is 26.4 Å². The topological polar surface area (TPSA) is 81.1 Å². The number of fused-ring (bicyclic) bond motifs is 1. The highest BCUT2D eigenvalue weighted by atomic mass is 35.5. The van der Waals surface area contributed by atoms with Crippen LogP contribution in [0.1, 0.15) is 11.1 Å². The van der Waals surface area contributed by atoms with E-state index >= 15 is 0 Å². The van der Waals surface area contributed by atoms with E-state index in [0.717, 1.165) is 10.0 Å². The van der Waals surface area contributed by atoms with Gasteiger partial charge in [-0.1, -0.05) is 17.7 Å². The number of benzene rings is 1. The first kappa shape index (κ1) is 20.2. The van der Waals surface area contributed by atoms with Crippen LogP contribution in [-0.4, -0.2) is 29.5 Å². The van der Waals surface area contributed by atoms with Crippen molar-refractivity contribution < 1.29 is 26.4 Å². The van der Waals surface area contributed by atoms with Crippen LogP contribution in [0.3, 0.4) is 0 Å². The molecule has 1 aromatic carbocycles. The number of nitrogens with zero attached hydrogens (tertiary/aromatic N) is 2. The zero-order valence-corrected chi connectivity index (χ0v) is 16.1. The predicted octanol–water partition coefficient (Wildman–Crippen LogP) is 4.04. The number of carbonyl (C=O) groups excluding carboxylic acids is 1. The molecule has 0 spiro atoms. The lowest BCUT2D eigenvalue weighted by molar-refractivity contribution is -0.167. The summed E-state index contributed by atoms with van der Waals surface area (Å²) in [6, 6.07) is 5.09. The number of rotatable bonds is 3. The van der Waals surface area contributed by atoms with Gasteiger partial charge in [0.25, 0.3) is 10.0 Å². The number of hydrogen-bond acceptors (Lipinski definition) is 4. The van der Waals surface area contributed by atoms with E-state index in [1.165, 1.54) is 31.5 Å². The minimum absolute atomic E-state index is 0.128. The Morgan fingerprint density at radius 2 is 1.86 bits per heavy atom. The van der Waals surface area contributed by atoms with Gasteiger partial charge in [0, 0.05) is 23.5 Å². The summed E-state index contributed by atoms with van der Waals surface area (Å²) < 4.78 is 64.6. The van der Waals surface area contributed by atoms with Crippen molar-refractivity contribution in [3.05, 3.63) is 52.8 Å². The molecule has 0 saturated heterocycles. The van der Waals surface area contributed by atoms with Gasteiger partial charge in [-0.15, -0.1) is 0 Å². The van der Waals surface area contributed by atoms with Crippen molar-refractivity contribution in [2.75, 3.05) is 5.32 Å². The number of halogens is 4. The Hall–Kier alpha value is -2.59. The van der Waals surface area contributed by atoms with Gasteiger partial charge >= 0.3 is 12.1 Å². The molecule has 1 amide bonds. The van der Waals surface area contributed by atoms with Gasteiger partial charge in [-0.3, -0.25) is 4.79 Å². The Morgan fingerprint density at radius 1 is 1.18 bits per heavy atom. The van der Waals surface area contributed by atoms with Crippen molar-refractivity contribution >= 4 is 44.3 Å². The van der Waals surface area contributed by atoms with Crippen molar-refractivity contribution in [1.82, 2.24) is 8.96 Å². The van der Waals surface area contributed by atoms with Crippen LogP contribution in [0.15, 0.2) is 41.6 Å². The fourth-order valence-corrected chi connectivity index (χ4v) is 4.15. The summed E-state index contributed by atoms with van der Waals surface area (Å²) in [4.78, 5) is 15.0. The van der Waals surface area contributed by atoms with E-state index in [2.05, 4.69) is 4.98 Å². The van der Waals surface area contributed by atoms with E-state index in [1.54, 1.807) is 18.3 Å². The minimum atomic E-state index is -5.10. The number of hydrogen-bond donors (Lipinski definition) is 1. The first-order chi connectivity index (χ1) is 12.9. The fraction of sp³-hybridized carbons (Fsp3) is 0.176. The summed E-state index contributed by atoms with van der Waals surface area (Å²) in [5.74, 6) is -2.19. The molecule has 28 heavy (non-hydrogen) atoms. The van der Waals surface area contributed by atoms with E-state index in [0.29, 0.717) is 16.0 Å². The van der Waals surface area contributed by atoms with Gasteiger partial charge in [0.05, 0.1) is 9.92 Å². The van der Waals surface area contributed by atoms with Crippen LogP contribution in [0.4, 0.5) is 18.9 Å². The molecule has 0 saturated carbocycles. The van der Waals surface area contributed by atoms with Gasteiger partial charge in [-0.05, 0) is 43.2 Å². The molecule has 2 aromatic heterocycles. The Kier molecular flexibility index (Phi) is 4.88. The highest BCUT2D eigenvalue weighted by Crippen LogP contribution is 2.29. The van der Waals surface area contributed by atoms with Crippen molar-refractivity contribution in [2.24, 2.45) is 0 Å². The highest BCUT2D eigenvalue weighted by molar-refractivity contribution is 7.90. The first-order valence-corrected chi connectivity index (χ1v) is 9.60. The third-order valence-electron chi connectivity index (χ3n) is 4.05. The standard InChI is InChI=1S/C17H13ClF3N3O3S/c1-9-3-4-12(6-14(9)23-16(25)17(19,20)21)28(26,27)24-8-10(2)13-5-11(18)7-22-15(13)24/h3-8H,1-2H3,(H,23,25). The molecule has 0 aliphatic carbocycles. The average Bonchev–Trinajstić information content (AvgIpc) is 2.93. The summed E-state index contributed by atoms with van der Waals surface area (Å²) >= 11 is 5.90. The predicted molar refractivity (Wildman–Crippen MR) is 97.9 cm³/mol. The largest absolute Gasteiger partial charge is 0.471 e. The lowest BCUT2D eigenvalue weighted by Crippen LogP contribution is -2.30. The molecule has 0 unspecified atom stereocenters. The van der Waals surface area contributed by atoms with Crippen LogP contribution >= 0.6 is 11.6 Å². The molecular formula is C17H13ClF3N3O3S. The van der Waals surface area contributed by atoms with Crippen molar-refractivity contribution in [3.8, 4) is 0 Å². The van der Waals surface area contributed by atoms with E-state index < -0.39 is 22.1 Å². The molecule has 3 rings (SSSR count). The molecule has 3 aromatic rings. The van der Waals surface area contributed by atoms with Crippen molar-refractivity contribution in [3.63, 3.8) is 0 Å². The molecule has 0 bridgehead atoms. The second-order valence-electron chi connectivity index (χ2n) is 6.07. The molecule has 148 valence electrons. The zero-order valence-electron chi connectivity index (χ0n) is 14.5. The van der Waals surface area contributed by atoms with E-state index in [-0.39, 0.29) is 21.8 Å². The number of amides is 1. The van der Waals surface area contributed by atoms with E-state index in [1.807, 2.05) is 0 Å². The van der Waals surface area contributed by atoms with Crippen LogP contribution < -0.4 is 5.32 Å². The Bertz CT molecular complexity index is 1200. The number of aromatic nitrogens is 2. The first-order valence-electron chi connectivity index (χ1n) is 7.79. The molecule has 0 aliphatic rings. The molecule has 2 heterocycles. The third-order valence-corrected chi connectivity index (χ3v) is 5.90. The average molecular weight is 432 g/mol. The Balaban J connectivity index is 2.11. The van der Waals surface area contributed by atoms with E-state index in [4.69, 9.17) is 11.6 Å². The molecule has 0 atom stereocenters. The van der Waals surface area contributed by atoms with Gasteiger partial charge in [0.1, 0.15) is 0 Å². The van der Waals surface area contributed by atoms with Crippen LogP contribution in [0, 0.1) is 13.8 Å². The summed E-state index contributed by atoms with van der Waals surface area (Å²) in [5, 5.41) is 2.55. The van der Waals surface area contributed by atoms with Gasteiger partial charge in [0.2, 0.25) is 0 Å². The maximum atomic E-state index is 13.0. The SMILES string of the molecule is Cc1ccc(S(=O)(=O)n2cc(C)c3cc(Cl)cnc32)cc1NC(=O)C(F)(F)F. The quantitative estimate of drug-likeness (QED) is 0.678. The molecule has 0 fully saturated rings. The minimum Gasteiger partial charge on any atom is -0.318 e. The lowest BCUT2D eigenvalue weighted by atomic mass is 10.2. The fourth-order valence-electron chi connectivity index (χ4n) is 2.59. The normalized spacial score (nSPS) is 12.4. The highest BCUT2D eigenvalue weighted by Gasteiger charge is 2.39. The van der Waals surface area contributed by atoms with Crippen molar-refractivity contribution in [1.29, 1.82) is 0 Å². The molecule has 0 aliphatic heterocycles. The summed E-state index contributed by atoms with van der Waals surface area (Å²) in [5.41, 5.74) is 0.747. The monoisotopic (exact) mass is 431 g/mol. The number of anilines is 1. The van der Waals surface area contributed by atoms with Gasteiger partial charge in [0.15, 0.2) is 5.65 Å². The van der Waals surface area contributed by atoms with Crippen LogP contribution in [0.25, 0.3) is 11.0 Å². The smallest absolute Gasteiger partial charge is 0.318 e. The third kappa shape index (κ3) is 3.57. The van der Waals surface area contributed by atoms with Crippen molar-refractivity contribution in [2.45, 2.75) is 24.9 Å². The Labute approximate surface area is 163 Å². The number of pyridine rings is 1. The van der Waals surface area contributed by atoms with Crippen LogP contribution in [0.5, 0.6) is 0 Å². The molecule has 6 nitrogen and oxygen atoms in total. The summed E-state index contributed by atoms with van der Waals surface area (Å²) in [6.45, 7) is 3.12. The maximum Gasteiger partial charge on any atom is 0.471 e. The zero-order chi connectivity index (χ0) is 20.9.